The molecule has 0 atom stereocenters. The molecule has 0 saturated carbocycles. The number of aryl methyl sites for hydroxylation is 1. The molecule has 1 amide bonds. The molecular weight excluding hydrogens is 449 g/mol. The van der Waals surface area contributed by atoms with Gasteiger partial charge < -0.3 is 20.1 Å². The van der Waals surface area contributed by atoms with Gasteiger partial charge in [-0.25, -0.2) is 4.98 Å². The molecule has 33 heavy (non-hydrogen) atoms. The maximum atomic E-state index is 12.7. The Morgan fingerprint density at radius 2 is 1.82 bits per heavy atom. The van der Waals surface area contributed by atoms with Crippen LogP contribution < -0.4 is 5.32 Å². The van der Waals surface area contributed by atoms with Crippen LogP contribution in [-0.4, -0.2) is 79.1 Å². The summed E-state index contributed by atoms with van der Waals surface area (Å²) in [5, 5.41) is 20.1. The third-order valence-corrected chi connectivity index (χ3v) is 5.28. The zero-order chi connectivity index (χ0) is 25.1. The molecule has 0 spiro atoms. The van der Waals surface area contributed by atoms with Crippen LogP contribution >= 0.6 is 0 Å². The van der Waals surface area contributed by atoms with Crippen molar-refractivity contribution in [3.63, 3.8) is 0 Å². The Morgan fingerprint density at radius 3 is 2.24 bits per heavy atom. The maximum absolute atomic E-state index is 12.7. The van der Waals surface area contributed by atoms with E-state index < -0.39 is 24.2 Å². The molecule has 184 valence electrons. The number of amides is 1. The summed E-state index contributed by atoms with van der Waals surface area (Å²) < 4.78 is 41.1. The van der Waals surface area contributed by atoms with Crippen molar-refractivity contribution < 1.29 is 37.8 Å². The Labute approximate surface area is 187 Å². The van der Waals surface area contributed by atoms with E-state index in [9.17, 15) is 18.0 Å². The Morgan fingerprint density at radius 1 is 1.24 bits per heavy atom. The second-order valence-corrected chi connectivity index (χ2v) is 7.17. The summed E-state index contributed by atoms with van der Waals surface area (Å²) in [6, 6.07) is 0. The van der Waals surface area contributed by atoms with Crippen molar-refractivity contribution in [2.24, 2.45) is 7.05 Å². The standard InChI is InChI=1S/C17H23F3N6O.2CH2O2/c1-13-14(9-23-24(13)2)10-25-6-3-16(4-7-25,26-8-5-21-12-26)15(27)22-11-17(18,19)20;2*2-1-3/h5,8-9,12H,3-4,6-7,10-11H2,1-2H3,(H,22,27);2*1H,(H,2,3). The fourth-order valence-electron chi connectivity index (χ4n) is 3.48. The molecule has 1 aliphatic rings. The van der Waals surface area contributed by atoms with Crippen LogP contribution in [0.5, 0.6) is 0 Å². The van der Waals surface area contributed by atoms with Crippen LogP contribution in [0.3, 0.4) is 0 Å². The first-order valence-electron chi connectivity index (χ1n) is 9.73. The number of nitrogens with one attached hydrogen (secondary N) is 1. The summed E-state index contributed by atoms with van der Waals surface area (Å²) in [5.74, 6) is -0.616. The summed E-state index contributed by atoms with van der Waals surface area (Å²) in [6.45, 7) is 2.04. The molecule has 0 bridgehead atoms. The fourth-order valence-corrected chi connectivity index (χ4v) is 3.48. The number of likely N-dealkylation sites (tertiary alicyclic amines) is 1. The number of halogens is 3. The molecule has 1 saturated heterocycles. The maximum Gasteiger partial charge on any atom is 0.405 e. The van der Waals surface area contributed by atoms with Gasteiger partial charge in [0.25, 0.3) is 12.9 Å². The lowest BCUT2D eigenvalue weighted by Crippen LogP contribution is -2.55. The van der Waals surface area contributed by atoms with Crippen molar-refractivity contribution in [2.75, 3.05) is 19.6 Å². The second kappa shape index (κ2) is 12.6. The normalized spacial score (nSPS) is 15.3. The van der Waals surface area contributed by atoms with Crippen LogP contribution in [0.2, 0.25) is 0 Å². The number of piperidine rings is 1. The van der Waals surface area contributed by atoms with Gasteiger partial charge >= 0.3 is 6.18 Å². The van der Waals surface area contributed by atoms with Gasteiger partial charge in [0.05, 0.1) is 12.5 Å². The first kappa shape index (κ1) is 27.6. The smallest absolute Gasteiger partial charge is 0.405 e. The summed E-state index contributed by atoms with van der Waals surface area (Å²) >= 11 is 0. The molecule has 3 rings (SSSR count). The van der Waals surface area contributed by atoms with E-state index in [1.807, 2.05) is 20.2 Å². The van der Waals surface area contributed by atoms with Gasteiger partial charge in [0.2, 0.25) is 5.91 Å². The molecule has 2 aromatic heterocycles. The Hall–Kier alpha value is -3.42. The average molecular weight is 476 g/mol. The van der Waals surface area contributed by atoms with Crippen molar-refractivity contribution in [2.45, 2.75) is 38.0 Å². The van der Waals surface area contributed by atoms with Gasteiger partial charge in [-0.05, 0) is 19.8 Å². The Balaban J connectivity index is 0.000000819. The summed E-state index contributed by atoms with van der Waals surface area (Å²) in [4.78, 5) is 35.6. The molecule has 0 radical (unpaired) electrons. The molecule has 0 aromatic carbocycles. The molecule has 0 aliphatic carbocycles. The van der Waals surface area contributed by atoms with Gasteiger partial charge in [-0.2, -0.15) is 18.3 Å². The number of alkyl halides is 3. The predicted octanol–water partition coefficient (Wildman–Crippen LogP) is 0.996. The summed E-state index contributed by atoms with van der Waals surface area (Å²) in [7, 11) is 1.88. The molecule has 3 heterocycles. The fraction of sp³-hybridized carbons (Fsp3) is 0.526. The SMILES string of the molecule is Cc1c(CN2CCC(C(=O)NCC(F)(F)F)(n3ccnc3)CC2)cnn1C.O=CO.O=CO. The van der Waals surface area contributed by atoms with E-state index in [0.29, 0.717) is 32.5 Å². The average Bonchev–Trinajstić information content (AvgIpc) is 3.40. The topological polar surface area (TPSA) is 143 Å². The summed E-state index contributed by atoms with van der Waals surface area (Å²) in [5.41, 5.74) is 1.13. The lowest BCUT2D eigenvalue weighted by atomic mass is 9.85. The number of carboxylic acid groups (broad SMARTS) is 2. The van der Waals surface area contributed by atoms with Gasteiger partial charge in [0, 0.05) is 50.3 Å². The van der Waals surface area contributed by atoms with Gasteiger partial charge in [-0.3, -0.25) is 24.0 Å². The zero-order valence-electron chi connectivity index (χ0n) is 18.2. The Kier molecular flexibility index (Phi) is 10.5. The number of aromatic nitrogens is 4. The van der Waals surface area contributed by atoms with E-state index in [2.05, 4.69) is 20.3 Å². The third kappa shape index (κ3) is 7.89. The molecule has 2 aromatic rings. The number of imidazole rings is 1. The lowest BCUT2D eigenvalue weighted by molar-refractivity contribution is -0.145. The highest BCUT2D eigenvalue weighted by Crippen LogP contribution is 2.31. The molecule has 11 nitrogen and oxygen atoms in total. The molecular formula is C19H27F3N6O5. The molecule has 3 N–H and O–H groups in total. The lowest BCUT2D eigenvalue weighted by Gasteiger charge is -2.41. The minimum absolute atomic E-state index is 0.250. The number of nitrogens with zero attached hydrogens (tertiary/aromatic N) is 5. The minimum atomic E-state index is -4.44. The Bertz CT molecular complexity index is 871. The highest BCUT2D eigenvalue weighted by molar-refractivity contribution is 5.84. The minimum Gasteiger partial charge on any atom is -0.483 e. The van der Waals surface area contributed by atoms with Gasteiger partial charge in [-0.1, -0.05) is 0 Å². The highest BCUT2D eigenvalue weighted by atomic mass is 19.4. The number of hydrogen-bond acceptors (Lipinski definition) is 6. The number of hydrogen-bond donors (Lipinski definition) is 3. The molecule has 1 fully saturated rings. The summed E-state index contributed by atoms with van der Waals surface area (Å²) in [6.07, 6.45) is 2.86. The number of rotatable bonds is 5. The monoisotopic (exact) mass is 476 g/mol. The van der Waals surface area contributed by atoms with Crippen molar-refractivity contribution in [1.29, 1.82) is 0 Å². The quantitative estimate of drug-likeness (QED) is 0.543. The van der Waals surface area contributed by atoms with Crippen LogP contribution in [0.1, 0.15) is 24.1 Å². The van der Waals surface area contributed by atoms with Crippen LogP contribution in [0.15, 0.2) is 24.9 Å². The van der Waals surface area contributed by atoms with Crippen LogP contribution in [0.25, 0.3) is 0 Å². The first-order valence-corrected chi connectivity index (χ1v) is 9.73. The number of carbonyl (C=O) groups excluding carboxylic acids is 1. The first-order chi connectivity index (χ1) is 15.5. The number of carbonyl (C=O) groups is 3. The van der Waals surface area contributed by atoms with Crippen LogP contribution in [0.4, 0.5) is 13.2 Å². The van der Waals surface area contributed by atoms with Crippen molar-refractivity contribution in [3.8, 4) is 0 Å². The molecule has 14 heteroatoms. The van der Waals surface area contributed by atoms with E-state index in [4.69, 9.17) is 19.8 Å². The van der Waals surface area contributed by atoms with E-state index >= 15 is 0 Å². The van der Waals surface area contributed by atoms with E-state index in [1.165, 1.54) is 12.5 Å². The van der Waals surface area contributed by atoms with Crippen molar-refractivity contribution in [3.05, 3.63) is 36.2 Å². The van der Waals surface area contributed by atoms with Crippen molar-refractivity contribution >= 4 is 18.9 Å². The van der Waals surface area contributed by atoms with Gasteiger partial charge in [0.15, 0.2) is 0 Å². The van der Waals surface area contributed by atoms with E-state index in [0.717, 1.165) is 11.3 Å². The van der Waals surface area contributed by atoms with Crippen molar-refractivity contribution in [1.82, 2.24) is 29.5 Å². The van der Waals surface area contributed by atoms with Crippen LogP contribution in [0, 0.1) is 6.92 Å². The largest absolute Gasteiger partial charge is 0.483 e. The molecule has 1 aliphatic heterocycles. The van der Waals surface area contributed by atoms with E-state index in [-0.39, 0.29) is 12.9 Å². The van der Waals surface area contributed by atoms with E-state index in [1.54, 1.807) is 15.4 Å². The zero-order valence-corrected chi connectivity index (χ0v) is 18.2. The second-order valence-electron chi connectivity index (χ2n) is 7.17. The third-order valence-electron chi connectivity index (χ3n) is 5.28. The molecule has 0 unspecified atom stereocenters. The van der Waals surface area contributed by atoms with Gasteiger partial charge in [-0.15, -0.1) is 0 Å². The van der Waals surface area contributed by atoms with Gasteiger partial charge in [0.1, 0.15) is 12.1 Å². The van der Waals surface area contributed by atoms with Crippen LogP contribution in [-0.2, 0) is 33.5 Å². The highest BCUT2D eigenvalue weighted by Gasteiger charge is 2.44. The predicted molar refractivity (Wildman–Crippen MR) is 109 cm³/mol.